The summed E-state index contributed by atoms with van der Waals surface area (Å²) in [6.45, 7) is 5.95. The zero-order valence-corrected chi connectivity index (χ0v) is 16.8. The molecular weight excluding hydrogens is 368 g/mol. The molecule has 150 valence electrons. The van der Waals surface area contributed by atoms with Gasteiger partial charge >= 0.3 is 0 Å². The molecule has 0 bridgehead atoms. The summed E-state index contributed by atoms with van der Waals surface area (Å²) >= 11 is 0. The summed E-state index contributed by atoms with van der Waals surface area (Å²) < 4.78 is 7.11. The van der Waals surface area contributed by atoms with E-state index >= 15 is 0 Å². The lowest BCUT2D eigenvalue weighted by atomic mass is 10.1. The molecule has 1 unspecified atom stereocenters. The number of nitrogens with one attached hydrogen (secondary N) is 1. The van der Waals surface area contributed by atoms with Crippen LogP contribution in [0.1, 0.15) is 46.4 Å². The van der Waals surface area contributed by atoms with Crippen molar-refractivity contribution in [3.63, 3.8) is 0 Å². The van der Waals surface area contributed by atoms with Crippen LogP contribution >= 0.6 is 0 Å². The number of benzene rings is 2. The standard InChI is InChI=1S/C22H24N4O3/c1-4-25-11-12-26-19-10-7-16(13-18(19)24-20(26)22(25)28)21(27)23-14(2)15-5-8-17(29-3)9-6-15/h5-10,13-14H,4,11-12H2,1-3H3,(H,23,27). The minimum Gasteiger partial charge on any atom is -0.497 e. The third-order valence-corrected chi connectivity index (χ3v) is 5.43. The molecule has 1 aliphatic rings. The van der Waals surface area contributed by atoms with Gasteiger partial charge in [-0.2, -0.15) is 0 Å². The zero-order valence-electron chi connectivity index (χ0n) is 16.8. The Kier molecular flexibility index (Phi) is 4.96. The second-order valence-corrected chi connectivity index (χ2v) is 7.14. The van der Waals surface area contributed by atoms with Crippen LogP contribution in [0.5, 0.6) is 5.75 Å². The summed E-state index contributed by atoms with van der Waals surface area (Å²) in [6, 6.07) is 12.9. The molecule has 2 amide bonds. The van der Waals surface area contributed by atoms with Crippen molar-refractivity contribution in [1.82, 2.24) is 19.8 Å². The van der Waals surface area contributed by atoms with Crippen molar-refractivity contribution < 1.29 is 14.3 Å². The largest absolute Gasteiger partial charge is 0.497 e. The van der Waals surface area contributed by atoms with Gasteiger partial charge in [0.2, 0.25) is 0 Å². The van der Waals surface area contributed by atoms with Crippen LogP contribution in [0.2, 0.25) is 0 Å². The van der Waals surface area contributed by atoms with Crippen molar-refractivity contribution in [3.05, 3.63) is 59.4 Å². The number of rotatable bonds is 5. The van der Waals surface area contributed by atoms with Gasteiger partial charge < -0.3 is 19.5 Å². The summed E-state index contributed by atoms with van der Waals surface area (Å²) in [6.07, 6.45) is 0. The minimum atomic E-state index is -0.178. The highest BCUT2D eigenvalue weighted by Gasteiger charge is 2.27. The van der Waals surface area contributed by atoms with Crippen molar-refractivity contribution in [2.45, 2.75) is 26.4 Å². The SMILES string of the molecule is CCN1CCn2c(nc3cc(C(=O)NC(C)c4ccc(OC)cc4)ccc32)C1=O. The first-order valence-corrected chi connectivity index (χ1v) is 9.76. The molecule has 7 nitrogen and oxygen atoms in total. The van der Waals surface area contributed by atoms with Gasteiger partial charge in [-0.15, -0.1) is 0 Å². The van der Waals surface area contributed by atoms with E-state index in [9.17, 15) is 9.59 Å². The number of imidazole rings is 1. The second kappa shape index (κ2) is 7.58. The fourth-order valence-electron chi connectivity index (χ4n) is 3.68. The fraction of sp³-hybridized carbons (Fsp3) is 0.318. The van der Waals surface area contributed by atoms with Crippen molar-refractivity contribution in [2.24, 2.45) is 0 Å². The molecule has 7 heteroatoms. The Morgan fingerprint density at radius 3 is 2.66 bits per heavy atom. The highest BCUT2D eigenvalue weighted by Crippen LogP contribution is 2.23. The number of fused-ring (bicyclic) bond motifs is 3. The first kappa shape index (κ1) is 19.0. The second-order valence-electron chi connectivity index (χ2n) is 7.14. The van der Waals surface area contributed by atoms with Crippen LogP contribution in [0.4, 0.5) is 0 Å². The van der Waals surface area contributed by atoms with E-state index in [1.54, 1.807) is 24.1 Å². The highest BCUT2D eigenvalue weighted by atomic mass is 16.5. The van der Waals surface area contributed by atoms with E-state index in [-0.39, 0.29) is 17.9 Å². The van der Waals surface area contributed by atoms with E-state index in [0.29, 0.717) is 36.5 Å². The Bertz CT molecular complexity index is 1070. The Hall–Kier alpha value is -3.35. The molecule has 0 spiro atoms. The first-order valence-electron chi connectivity index (χ1n) is 9.76. The molecule has 0 radical (unpaired) electrons. The molecule has 1 N–H and O–H groups in total. The number of likely N-dealkylation sites (N-methyl/N-ethyl adjacent to an activating group) is 1. The number of hydrogen-bond donors (Lipinski definition) is 1. The molecule has 0 saturated carbocycles. The Balaban J connectivity index is 1.56. The Morgan fingerprint density at radius 2 is 1.97 bits per heavy atom. The lowest BCUT2D eigenvalue weighted by Crippen LogP contribution is -2.40. The number of ether oxygens (including phenoxy) is 1. The monoisotopic (exact) mass is 392 g/mol. The molecule has 0 saturated heterocycles. The molecule has 29 heavy (non-hydrogen) atoms. The molecule has 1 atom stereocenters. The summed E-state index contributed by atoms with van der Waals surface area (Å²) in [4.78, 5) is 31.6. The van der Waals surface area contributed by atoms with Crippen LogP contribution in [0, 0.1) is 0 Å². The van der Waals surface area contributed by atoms with Gasteiger partial charge in [-0.3, -0.25) is 9.59 Å². The van der Waals surface area contributed by atoms with Gasteiger partial charge in [-0.25, -0.2) is 4.98 Å². The molecule has 2 aromatic carbocycles. The number of carbonyl (C=O) groups is 2. The van der Waals surface area contributed by atoms with E-state index in [1.807, 2.05) is 48.7 Å². The van der Waals surface area contributed by atoms with Crippen molar-refractivity contribution in [3.8, 4) is 5.75 Å². The normalized spacial score (nSPS) is 14.6. The highest BCUT2D eigenvalue weighted by molar-refractivity contribution is 6.00. The molecule has 0 fully saturated rings. The van der Waals surface area contributed by atoms with Gasteiger partial charge in [-0.1, -0.05) is 12.1 Å². The molecular formula is C22H24N4O3. The van der Waals surface area contributed by atoms with Gasteiger partial charge in [0.1, 0.15) is 5.75 Å². The number of nitrogens with zero attached hydrogens (tertiary/aromatic N) is 3. The van der Waals surface area contributed by atoms with Gasteiger partial charge in [0.15, 0.2) is 5.82 Å². The summed E-state index contributed by atoms with van der Waals surface area (Å²) in [5.41, 5.74) is 3.05. The Labute approximate surface area is 169 Å². The lowest BCUT2D eigenvalue weighted by Gasteiger charge is -2.26. The zero-order chi connectivity index (χ0) is 20.5. The molecule has 1 aromatic heterocycles. The average molecular weight is 392 g/mol. The number of carbonyl (C=O) groups excluding carboxylic acids is 2. The van der Waals surface area contributed by atoms with Crippen molar-refractivity contribution >= 4 is 22.8 Å². The van der Waals surface area contributed by atoms with Gasteiger partial charge in [-0.05, 0) is 49.7 Å². The third kappa shape index (κ3) is 3.44. The van der Waals surface area contributed by atoms with E-state index in [0.717, 1.165) is 16.8 Å². The maximum atomic E-state index is 12.8. The van der Waals surface area contributed by atoms with E-state index < -0.39 is 0 Å². The van der Waals surface area contributed by atoms with E-state index in [1.165, 1.54) is 0 Å². The van der Waals surface area contributed by atoms with Crippen molar-refractivity contribution in [2.75, 3.05) is 20.2 Å². The Morgan fingerprint density at radius 1 is 1.21 bits per heavy atom. The molecule has 4 rings (SSSR count). The molecule has 1 aliphatic heterocycles. The topological polar surface area (TPSA) is 76.5 Å². The molecule has 2 heterocycles. The smallest absolute Gasteiger partial charge is 0.289 e. The van der Waals surface area contributed by atoms with Crippen molar-refractivity contribution in [1.29, 1.82) is 0 Å². The van der Waals surface area contributed by atoms with Gasteiger partial charge in [0.05, 0.1) is 24.2 Å². The third-order valence-electron chi connectivity index (χ3n) is 5.43. The van der Waals surface area contributed by atoms with Crippen LogP contribution in [-0.2, 0) is 6.54 Å². The van der Waals surface area contributed by atoms with Crippen LogP contribution in [0.25, 0.3) is 11.0 Å². The number of hydrogen-bond acceptors (Lipinski definition) is 4. The lowest BCUT2D eigenvalue weighted by molar-refractivity contribution is 0.0709. The van der Waals surface area contributed by atoms with Crippen LogP contribution in [-0.4, -0.2) is 46.5 Å². The first-order chi connectivity index (χ1) is 14.0. The quantitative estimate of drug-likeness (QED) is 0.724. The maximum Gasteiger partial charge on any atom is 0.289 e. The molecule has 3 aromatic rings. The summed E-state index contributed by atoms with van der Waals surface area (Å²) in [7, 11) is 1.62. The minimum absolute atomic E-state index is 0.0610. The van der Waals surface area contributed by atoms with E-state index in [4.69, 9.17) is 4.74 Å². The van der Waals surface area contributed by atoms with E-state index in [2.05, 4.69) is 10.3 Å². The predicted molar refractivity (Wildman–Crippen MR) is 110 cm³/mol. The maximum absolute atomic E-state index is 12.8. The fourth-order valence-corrected chi connectivity index (χ4v) is 3.68. The van der Waals surface area contributed by atoms with Crippen LogP contribution in [0.15, 0.2) is 42.5 Å². The van der Waals surface area contributed by atoms with Gasteiger partial charge in [0, 0.05) is 25.2 Å². The van der Waals surface area contributed by atoms with Crippen LogP contribution < -0.4 is 10.1 Å². The summed E-state index contributed by atoms with van der Waals surface area (Å²) in [5, 5.41) is 3.01. The average Bonchev–Trinajstić information content (AvgIpc) is 3.12. The number of aromatic nitrogens is 2. The summed E-state index contributed by atoms with van der Waals surface area (Å²) in [5.74, 6) is 0.978. The van der Waals surface area contributed by atoms with Gasteiger partial charge in [0.25, 0.3) is 11.8 Å². The molecule has 0 aliphatic carbocycles. The van der Waals surface area contributed by atoms with Crippen LogP contribution in [0.3, 0.4) is 0 Å². The predicted octanol–water partition coefficient (Wildman–Crippen LogP) is 3.01. The number of methoxy groups -OCH3 is 1. The number of amides is 2.